The van der Waals surface area contributed by atoms with Crippen LogP contribution < -0.4 is 14.5 Å². The van der Waals surface area contributed by atoms with E-state index in [1.54, 1.807) is 30.3 Å². The van der Waals surface area contributed by atoms with E-state index < -0.39 is 22.5 Å². The molecule has 8 heteroatoms. The fraction of sp³-hybridized carbons (Fsp3) is 0.161. The molecule has 0 atom stereocenters. The lowest BCUT2D eigenvalue weighted by atomic mass is 10.1. The van der Waals surface area contributed by atoms with Gasteiger partial charge in [-0.1, -0.05) is 54.1 Å². The van der Waals surface area contributed by atoms with Crippen LogP contribution in [-0.2, 0) is 21.4 Å². The summed E-state index contributed by atoms with van der Waals surface area (Å²) in [6.45, 7) is 5.92. The molecule has 7 nitrogen and oxygen atoms in total. The van der Waals surface area contributed by atoms with Gasteiger partial charge in [-0.25, -0.2) is 13.8 Å². The molecule has 200 valence electrons. The zero-order valence-corrected chi connectivity index (χ0v) is 23.0. The highest BCUT2D eigenvalue weighted by molar-refractivity contribution is 7.92. The summed E-state index contributed by atoms with van der Waals surface area (Å²) in [5.41, 5.74) is 7.82. The Labute approximate surface area is 229 Å². The Balaban J connectivity index is 1.41. The number of nitrogens with zero attached hydrogens (tertiary/aromatic N) is 2. The van der Waals surface area contributed by atoms with Gasteiger partial charge in [0, 0.05) is 0 Å². The van der Waals surface area contributed by atoms with Gasteiger partial charge in [0.05, 0.1) is 16.8 Å². The van der Waals surface area contributed by atoms with Crippen molar-refractivity contribution in [3.8, 4) is 5.75 Å². The number of amides is 1. The summed E-state index contributed by atoms with van der Waals surface area (Å²) in [7, 11) is -3.98. The minimum atomic E-state index is -3.98. The highest BCUT2D eigenvalue weighted by atomic mass is 32.2. The van der Waals surface area contributed by atoms with E-state index in [2.05, 4.69) is 10.5 Å². The van der Waals surface area contributed by atoms with Gasteiger partial charge in [0.1, 0.15) is 18.9 Å². The third-order valence-corrected chi connectivity index (χ3v) is 7.99. The molecule has 0 aliphatic carbocycles. The second-order valence-electron chi connectivity index (χ2n) is 9.23. The molecule has 0 unspecified atom stereocenters. The predicted octanol–water partition coefficient (Wildman–Crippen LogP) is 5.54. The van der Waals surface area contributed by atoms with Crippen molar-refractivity contribution in [1.82, 2.24) is 5.43 Å². The second-order valence-corrected chi connectivity index (χ2v) is 11.1. The molecule has 0 aromatic heterocycles. The van der Waals surface area contributed by atoms with Gasteiger partial charge in [-0.3, -0.25) is 9.10 Å². The van der Waals surface area contributed by atoms with E-state index in [1.807, 2.05) is 75.4 Å². The summed E-state index contributed by atoms with van der Waals surface area (Å²) in [5.74, 6) is 0.147. The fourth-order valence-electron chi connectivity index (χ4n) is 3.76. The van der Waals surface area contributed by atoms with Crippen molar-refractivity contribution >= 4 is 27.8 Å². The molecule has 0 aliphatic rings. The van der Waals surface area contributed by atoms with Crippen LogP contribution in [0.3, 0.4) is 0 Å². The third kappa shape index (κ3) is 7.33. The normalized spacial score (nSPS) is 11.4. The monoisotopic (exact) mass is 541 g/mol. The van der Waals surface area contributed by atoms with Gasteiger partial charge in [-0.15, -0.1) is 0 Å². The lowest BCUT2D eigenvalue weighted by molar-refractivity contribution is -0.119. The van der Waals surface area contributed by atoms with Crippen molar-refractivity contribution in [2.75, 3.05) is 10.8 Å². The smallest absolute Gasteiger partial charge is 0.264 e. The Morgan fingerprint density at radius 3 is 2.23 bits per heavy atom. The molecule has 0 aliphatic heterocycles. The molecule has 39 heavy (non-hydrogen) atoms. The van der Waals surface area contributed by atoms with Crippen molar-refractivity contribution in [2.45, 2.75) is 32.3 Å². The van der Waals surface area contributed by atoms with E-state index in [1.165, 1.54) is 23.9 Å². The molecule has 0 spiro atoms. The van der Waals surface area contributed by atoms with E-state index in [4.69, 9.17) is 4.74 Å². The molecule has 0 fully saturated rings. The van der Waals surface area contributed by atoms with Gasteiger partial charge >= 0.3 is 0 Å². The second kappa shape index (κ2) is 12.4. The average Bonchev–Trinajstić information content (AvgIpc) is 2.94. The minimum Gasteiger partial charge on any atom is -0.489 e. The van der Waals surface area contributed by atoms with Gasteiger partial charge in [0.2, 0.25) is 0 Å². The maximum Gasteiger partial charge on any atom is 0.264 e. The van der Waals surface area contributed by atoms with E-state index >= 15 is 0 Å². The van der Waals surface area contributed by atoms with Crippen LogP contribution in [0.1, 0.15) is 27.8 Å². The summed E-state index contributed by atoms with van der Waals surface area (Å²) >= 11 is 0. The SMILES string of the molecule is Cc1ccc(COc2ccc(/C=N\NC(=O)CN(c3ccc(C)c(C)c3)S(=O)(=O)c3ccccc3)cc2)cc1. The number of ether oxygens (including phenoxy) is 1. The van der Waals surface area contributed by atoms with Gasteiger partial charge in [0.25, 0.3) is 15.9 Å². The number of sulfonamides is 1. The molecule has 1 amide bonds. The quantitative estimate of drug-likeness (QED) is 0.211. The van der Waals surface area contributed by atoms with Crippen molar-refractivity contribution in [2.24, 2.45) is 5.10 Å². The minimum absolute atomic E-state index is 0.101. The molecular weight excluding hydrogens is 510 g/mol. The van der Waals surface area contributed by atoms with Crippen molar-refractivity contribution in [3.63, 3.8) is 0 Å². The van der Waals surface area contributed by atoms with Crippen molar-refractivity contribution < 1.29 is 17.9 Å². The molecule has 0 radical (unpaired) electrons. The number of rotatable bonds is 10. The maximum atomic E-state index is 13.4. The predicted molar refractivity (Wildman–Crippen MR) is 155 cm³/mol. The lowest BCUT2D eigenvalue weighted by Gasteiger charge is -2.24. The summed E-state index contributed by atoms with van der Waals surface area (Å²) < 4.78 is 33.8. The first-order valence-electron chi connectivity index (χ1n) is 12.5. The summed E-state index contributed by atoms with van der Waals surface area (Å²) in [4.78, 5) is 12.9. The number of carbonyl (C=O) groups excluding carboxylic acids is 1. The number of hydrazone groups is 1. The highest BCUT2D eigenvalue weighted by Gasteiger charge is 2.27. The lowest BCUT2D eigenvalue weighted by Crippen LogP contribution is -2.39. The molecular formula is C31H31N3O4S. The largest absolute Gasteiger partial charge is 0.489 e. The van der Waals surface area contributed by atoms with Crippen LogP contribution in [0.2, 0.25) is 0 Å². The van der Waals surface area contributed by atoms with Crippen LogP contribution in [0.4, 0.5) is 5.69 Å². The number of aryl methyl sites for hydroxylation is 3. The third-order valence-electron chi connectivity index (χ3n) is 6.21. The number of nitrogens with one attached hydrogen (secondary N) is 1. The first-order chi connectivity index (χ1) is 18.7. The first kappa shape index (κ1) is 27.6. The standard InChI is InChI=1S/C31H31N3O4S/c1-23-9-12-27(13-10-23)22-38-29-17-14-26(15-18-29)20-32-33-31(35)21-34(28-16-11-24(2)25(3)19-28)39(36,37)30-7-5-4-6-8-30/h4-20H,21-22H2,1-3H3,(H,33,35)/b32-20-. The van der Waals surface area contributed by atoms with Crippen LogP contribution in [0.5, 0.6) is 5.75 Å². The van der Waals surface area contributed by atoms with Gasteiger partial charge in [-0.2, -0.15) is 5.10 Å². The Bertz CT molecular complexity index is 1550. The Morgan fingerprint density at radius 2 is 1.56 bits per heavy atom. The van der Waals surface area contributed by atoms with Crippen LogP contribution in [0.25, 0.3) is 0 Å². The zero-order valence-electron chi connectivity index (χ0n) is 22.2. The van der Waals surface area contributed by atoms with E-state index in [0.717, 1.165) is 26.6 Å². The molecule has 1 N–H and O–H groups in total. The van der Waals surface area contributed by atoms with Crippen LogP contribution in [-0.4, -0.2) is 27.1 Å². The van der Waals surface area contributed by atoms with Crippen LogP contribution in [0, 0.1) is 20.8 Å². The number of anilines is 1. The molecule has 0 saturated heterocycles. The van der Waals surface area contributed by atoms with E-state index in [9.17, 15) is 13.2 Å². The Hall–Kier alpha value is -4.43. The number of hydrogen-bond donors (Lipinski definition) is 1. The van der Waals surface area contributed by atoms with Crippen molar-refractivity contribution in [3.05, 3.63) is 125 Å². The Morgan fingerprint density at radius 1 is 0.872 bits per heavy atom. The van der Waals surface area contributed by atoms with E-state index in [-0.39, 0.29) is 4.90 Å². The number of carbonyl (C=O) groups is 1. The van der Waals surface area contributed by atoms with Crippen LogP contribution >= 0.6 is 0 Å². The molecule has 0 bridgehead atoms. The van der Waals surface area contributed by atoms with Gasteiger partial charge in [-0.05, 0) is 91.6 Å². The van der Waals surface area contributed by atoms with Crippen molar-refractivity contribution in [1.29, 1.82) is 0 Å². The molecule has 4 aromatic carbocycles. The summed E-state index contributed by atoms with van der Waals surface area (Å²) in [6.07, 6.45) is 1.49. The molecule has 0 saturated carbocycles. The molecule has 4 aromatic rings. The first-order valence-corrected chi connectivity index (χ1v) is 13.9. The van der Waals surface area contributed by atoms with Gasteiger partial charge < -0.3 is 4.74 Å². The molecule has 4 rings (SSSR count). The Kier molecular flexibility index (Phi) is 8.78. The highest BCUT2D eigenvalue weighted by Crippen LogP contribution is 2.25. The summed E-state index contributed by atoms with van der Waals surface area (Å²) in [6, 6.07) is 28.8. The van der Waals surface area contributed by atoms with Crippen LogP contribution in [0.15, 0.2) is 107 Å². The topological polar surface area (TPSA) is 88.1 Å². The summed E-state index contributed by atoms with van der Waals surface area (Å²) in [5, 5.41) is 4.02. The maximum absolute atomic E-state index is 13.4. The molecule has 0 heterocycles. The van der Waals surface area contributed by atoms with Gasteiger partial charge in [0.15, 0.2) is 0 Å². The number of hydrogen-bond acceptors (Lipinski definition) is 5. The number of benzene rings is 4. The van der Waals surface area contributed by atoms with E-state index in [0.29, 0.717) is 18.0 Å². The average molecular weight is 542 g/mol. The zero-order chi connectivity index (χ0) is 27.8. The fourth-order valence-corrected chi connectivity index (χ4v) is 5.20.